The molecule has 33 heavy (non-hydrogen) atoms. The SMILES string of the molecule is CCOC(=O)CC1CCc2cc(C(=O)c3ccc(C=NN4CCSCC4)cc3)ccc2C1N. The summed E-state index contributed by atoms with van der Waals surface area (Å²) in [5, 5.41) is 6.63. The van der Waals surface area contributed by atoms with Crippen LogP contribution < -0.4 is 5.73 Å². The second-order valence-electron chi connectivity index (χ2n) is 8.51. The maximum atomic E-state index is 13.1. The lowest BCUT2D eigenvalue weighted by molar-refractivity contribution is -0.144. The molecule has 1 fully saturated rings. The molecule has 2 aromatic rings. The minimum atomic E-state index is -0.223. The molecular formula is C26H31N3O3S. The summed E-state index contributed by atoms with van der Waals surface area (Å²) in [4.78, 5) is 25.0. The van der Waals surface area contributed by atoms with Crippen molar-refractivity contribution < 1.29 is 14.3 Å². The van der Waals surface area contributed by atoms with Gasteiger partial charge < -0.3 is 10.5 Å². The third-order valence-corrected chi connectivity index (χ3v) is 7.26. The highest BCUT2D eigenvalue weighted by Crippen LogP contribution is 2.35. The van der Waals surface area contributed by atoms with Crippen LogP contribution in [-0.4, -0.2) is 54.2 Å². The van der Waals surface area contributed by atoms with Gasteiger partial charge in [0.1, 0.15) is 0 Å². The number of carbonyl (C=O) groups is 2. The van der Waals surface area contributed by atoms with Gasteiger partial charge in [0.25, 0.3) is 0 Å². The van der Waals surface area contributed by atoms with E-state index >= 15 is 0 Å². The number of carbonyl (C=O) groups excluding carboxylic acids is 2. The molecule has 1 aliphatic heterocycles. The van der Waals surface area contributed by atoms with Crippen LogP contribution in [0.1, 0.15) is 58.4 Å². The molecule has 6 nitrogen and oxygen atoms in total. The van der Waals surface area contributed by atoms with Gasteiger partial charge in [-0.1, -0.05) is 36.4 Å². The number of esters is 1. The summed E-state index contributed by atoms with van der Waals surface area (Å²) in [6.07, 6.45) is 3.81. The molecule has 1 heterocycles. The first-order valence-electron chi connectivity index (χ1n) is 11.6. The Hall–Kier alpha value is -2.64. The largest absolute Gasteiger partial charge is 0.466 e. The smallest absolute Gasteiger partial charge is 0.306 e. The van der Waals surface area contributed by atoms with E-state index in [9.17, 15) is 9.59 Å². The molecule has 0 amide bonds. The molecule has 0 aromatic heterocycles. The number of fused-ring (bicyclic) bond motifs is 1. The number of rotatable bonds is 7. The van der Waals surface area contributed by atoms with Crippen molar-refractivity contribution in [2.75, 3.05) is 31.2 Å². The van der Waals surface area contributed by atoms with E-state index in [1.165, 1.54) is 0 Å². The molecule has 2 unspecified atom stereocenters. The number of hydrogen-bond donors (Lipinski definition) is 1. The Bertz CT molecular complexity index is 1020. The Morgan fingerprint density at radius 1 is 1.15 bits per heavy atom. The monoisotopic (exact) mass is 465 g/mol. The summed E-state index contributed by atoms with van der Waals surface area (Å²) in [6, 6.07) is 13.1. The fraction of sp³-hybridized carbons (Fsp3) is 0.423. The summed E-state index contributed by atoms with van der Waals surface area (Å²) < 4.78 is 5.08. The predicted octanol–water partition coefficient (Wildman–Crippen LogP) is 3.82. The molecule has 2 N–H and O–H groups in total. The van der Waals surface area contributed by atoms with Crippen LogP contribution >= 0.6 is 11.8 Å². The van der Waals surface area contributed by atoms with E-state index in [1.807, 2.05) is 67.4 Å². The lowest BCUT2D eigenvalue weighted by atomic mass is 9.78. The lowest BCUT2D eigenvalue weighted by Gasteiger charge is -2.30. The molecule has 1 saturated heterocycles. The topological polar surface area (TPSA) is 85.0 Å². The average Bonchev–Trinajstić information content (AvgIpc) is 2.85. The first kappa shape index (κ1) is 23.5. The van der Waals surface area contributed by atoms with Gasteiger partial charge in [-0.05, 0) is 48.4 Å². The number of nitrogens with zero attached hydrogens (tertiary/aromatic N) is 2. The van der Waals surface area contributed by atoms with Gasteiger partial charge in [0.2, 0.25) is 0 Å². The quantitative estimate of drug-likeness (QED) is 0.380. The number of ketones is 1. The molecule has 1 aliphatic carbocycles. The van der Waals surface area contributed by atoms with Crippen molar-refractivity contribution in [2.45, 2.75) is 32.2 Å². The molecule has 2 atom stereocenters. The molecule has 0 bridgehead atoms. The fourth-order valence-corrected chi connectivity index (χ4v) is 5.31. The molecule has 0 saturated carbocycles. The van der Waals surface area contributed by atoms with Crippen molar-refractivity contribution in [3.8, 4) is 0 Å². The molecule has 0 radical (unpaired) electrons. The number of benzene rings is 2. The Labute approximate surface area is 199 Å². The summed E-state index contributed by atoms with van der Waals surface area (Å²) in [7, 11) is 0. The van der Waals surface area contributed by atoms with Gasteiger partial charge in [0.05, 0.1) is 19.2 Å². The summed E-state index contributed by atoms with van der Waals surface area (Å²) in [5.41, 5.74) is 10.9. The first-order valence-corrected chi connectivity index (χ1v) is 12.8. The first-order chi connectivity index (χ1) is 16.0. The second-order valence-corrected chi connectivity index (χ2v) is 9.73. The van der Waals surface area contributed by atoms with Crippen LogP contribution in [-0.2, 0) is 16.0 Å². The maximum absolute atomic E-state index is 13.1. The van der Waals surface area contributed by atoms with Crippen molar-refractivity contribution in [1.29, 1.82) is 0 Å². The van der Waals surface area contributed by atoms with E-state index in [0.29, 0.717) is 24.2 Å². The molecule has 2 aliphatic rings. The third-order valence-electron chi connectivity index (χ3n) is 6.32. The van der Waals surface area contributed by atoms with Gasteiger partial charge in [0, 0.05) is 41.8 Å². The standard InChI is InChI=1S/C26H31N3O3S/c1-2-32-24(30)16-21-8-7-20-15-22(9-10-23(20)25(21)27)26(31)19-5-3-18(4-6-19)17-28-29-11-13-33-14-12-29/h3-6,9-10,15,17,21,25H,2,7-8,11-14,16,27H2,1H3. The van der Waals surface area contributed by atoms with Gasteiger partial charge in [0.15, 0.2) is 5.78 Å². The lowest BCUT2D eigenvalue weighted by Crippen LogP contribution is -2.29. The van der Waals surface area contributed by atoms with E-state index in [4.69, 9.17) is 10.5 Å². The van der Waals surface area contributed by atoms with Crippen LogP contribution in [0, 0.1) is 5.92 Å². The zero-order valence-corrected chi connectivity index (χ0v) is 19.9. The highest BCUT2D eigenvalue weighted by Gasteiger charge is 2.29. The minimum absolute atomic E-state index is 0.00318. The number of ether oxygens (including phenoxy) is 1. The Morgan fingerprint density at radius 3 is 2.61 bits per heavy atom. The van der Waals surface area contributed by atoms with Gasteiger partial charge in [-0.25, -0.2) is 0 Å². The van der Waals surface area contributed by atoms with Crippen LogP contribution in [0.2, 0.25) is 0 Å². The highest BCUT2D eigenvalue weighted by molar-refractivity contribution is 7.99. The average molecular weight is 466 g/mol. The van der Waals surface area contributed by atoms with E-state index in [0.717, 1.165) is 54.1 Å². The number of hydrogen-bond acceptors (Lipinski definition) is 7. The van der Waals surface area contributed by atoms with Crippen molar-refractivity contribution in [2.24, 2.45) is 16.8 Å². The Kier molecular flexibility index (Phi) is 7.83. The van der Waals surface area contributed by atoms with Crippen LogP contribution in [0.25, 0.3) is 0 Å². The van der Waals surface area contributed by atoms with Crippen LogP contribution in [0.15, 0.2) is 47.6 Å². The van der Waals surface area contributed by atoms with E-state index in [1.54, 1.807) is 0 Å². The predicted molar refractivity (Wildman–Crippen MR) is 133 cm³/mol. The van der Waals surface area contributed by atoms with Crippen molar-refractivity contribution in [1.82, 2.24) is 5.01 Å². The van der Waals surface area contributed by atoms with E-state index < -0.39 is 0 Å². The maximum Gasteiger partial charge on any atom is 0.306 e. The minimum Gasteiger partial charge on any atom is -0.466 e. The summed E-state index contributed by atoms with van der Waals surface area (Å²) >= 11 is 1.96. The second kappa shape index (κ2) is 11.0. The Balaban J connectivity index is 1.42. The Morgan fingerprint density at radius 2 is 1.88 bits per heavy atom. The van der Waals surface area contributed by atoms with Gasteiger partial charge >= 0.3 is 5.97 Å². The molecular weight excluding hydrogens is 434 g/mol. The fourth-order valence-electron chi connectivity index (χ4n) is 4.43. The van der Waals surface area contributed by atoms with E-state index in [2.05, 4.69) is 10.1 Å². The molecule has 174 valence electrons. The molecule has 2 aromatic carbocycles. The number of aryl methyl sites for hydroxylation is 1. The highest BCUT2D eigenvalue weighted by atomic mass is 32.2. The normalized spacial score (nSPS) is 20.5. The van der Waals surface area contributed by atoms with Crippen molar-refractivity contribution >= 4 is 29.7 Å². The van der Waals surface area contributed by atoms with Gasteiger partial charge in [-0.15, -0.1) is 0 Å². The number of hydrazone groups is 1. The molecule has 7 heteroatoms. The zero-order valence-electron chi connectivity index (χ0n) is 19.0. The van der Waals surface area contributed by atoms with E-state index in [-0.39, 0.29) is 23.7 Å². The molecule has 0 spiro atoms. The van der Waals surface area contributed by atoms with Crippen molar-refractivity contribution in [3.05, 3.63) is 70.3 Å². The van der Waals surface area contributed by atoms with Crippen LogP contribution in [0.5, 0.6) is 0 Å². The summed E-state index contributed by atoms with van der Waals surface area (Å²) in [6.45, 7) is 4.14. The van der Waals surface area contributed by atoms with Crippen LogP contribution in [0.4, 0.5) is 0 Å². The summed E-state index contributed by atoms with van der Waals surface area (Å²) in [5.74, 6) is 2.09. The van der Waals surface area contributed by atoms with Crippen molar-refractivity contribution in [3.63, 3.8) is 0 Å². The number of nitrogens with two attached hydrogens (primary N) is 1. The molecule has 4 rings (SSSR count). The van der Waals surface area contributed by atoms with Crippen LogP contribution in [0.3, 0.4) is 0 Å². The van der Waals surface area contributed by atoms with Gasteiger partial charge in [-0.2, -0.15) is 16.9 Å². The van der Waals surface area contributed by atoms with Gasteiger partial charge in [-0.3, -0.25) is 14.6 Å². The zero-order chi connectivity index (χ0) is 23.2. The third kappa shape index (κ3) is 5.84. The number of thioether (sulfide) groups is 1.